The van der Waals surface area contributed by atoms with Crippen molar-refractivity contribution in [3.63, 3.8) is 0 Å². The Morgan fingerprint density at radius 3 is 2.32 bits per heavy atom. The molecule has 0 N–H and O–H groups in total. The van der Waals surface area contributed by atoms with E-state index >= 15 is 0 Å². The van der Waals surface area contributed by atoms with E-state index in [1.807, 2.05) is 6.20 Å². The van der Waals surface area contributed by atoms with E-state index in [0.29, 0.717) is 0 Å². The van der Waals surface area contributed by atoms with Gasteiger partial charge in [0, 0.05) is 46.4 Å². The van der Waals surface area contributed by atoms with Gasteiger partial charge in [-0.25, -0.2) is 4.99 Å². The van der Waals surface area contributed by atoms with Crippen molar-refractivity contribution in [3.05, 3.63) is 145 Å². The van der Waals surface area contributed by atoms with Crippen molar-refractivity contribution in [2.24, 2.45) is 4.99 Å². The zero-order chi connectivity index (χ0) is 25.1. The summed E-state index contributed by atoms with van der Waals surface area (Å²) in [7, 11) is 0. The summed E-state index contributed by atoms with van der Waals surface area (Å²) >= 11 is 0. The summed E-state index contributed by atoms with van der Waals surface area (Å²) in [5, 5.41) is 3.68. The van der Waals surface area contributed by atoms with Crippen molar-refractivity contribution in [2.75, 3.05) is 6.54 Å². The van der Waals surface area contributed by atoms with Gasteiger partial charge in [0.15, 0.2) is 0 Å². The number of hydrogen-bond donors (Lipinski definition) is 0. The van der Waals surface area contributed by atoms with Crippen LogP contribution in [0.5, 0.6) is 0 Å². The Balaban J connectivity index is 1.43. The molecule has 38 heavy (non-hydrogen) atoms. The fourth-order valence-corrected chi connectivity index (χ4v) is 5.91. The first kappa shape index (κ1) is 21.0. The van der Waals surface area contributed by atoms with E-state index in [9.17, 15) is 0 Å². The zero-order valence-corrected chi connectivity index (χ0v) is 20.7. The summed E-state index contributed by atoms with van der Waals surface area (Å²) in [6, 6.07) is 36.5. The molecule has 0 unspecified atom stereocenters. The molecule has 4 aromatic carbocycles. The predicted molar refractivity (Wildman–Crippen MR) is 157 cm³/mol. The van der Waals surface area contributed by atoms with Gasteiger partial charge in [0.05, 0.1) is 22.2 Å². The van der Waals surface area contributed by atoms with Crippen LogP contribution in [0.2, 0.25) is 0 Å². The van der Waals surface area contributed by atoms with E-state index in [1.54, 1.807) is 0 Å². The molecule has 0 fully saturated rings. The fourth-order valence-electron chi connectivity index (χ4n) is 5.91. The number of benzene rings is 4. The van der Waals surface area contributed by atoms with E-state index < -0.39 is 0 Å². The van der Waals surface area contributed by atoms with Gasteiger partial charge >= 0.3 is 0 Å². The van der Waals surface area contributed by atoms with Crippen LogP contribution in [0.25, 0.3) is 44.0 Å². The second kappa shape index (κ2) is 8.22. The van der Waals surface area contributed by atoms with Crippen molar-refractivity contribution in [1.29, 1.82) is 0 Å². The fraction of sp³-hybridized carbons (Fsp3) is 0.0294. The van der Waals surface area contributed by atoms with Crippen molar-refractivity contribution >= 4 is 44.2 Å². The maximum atomic E-state index is 5.15. The molecule has 8 rings (SSSR count). The van der Waals surface area contributed by atoms with E-state index in [0.717, 1.165) is 29.3 Å². The lowest BCUT2D eigenvalue weighted by atomic mass is 10.00. The molecular formula is C34H24N4. The minimum atomic E-state index is 0.768. The van der Waals surface area contributed by atoms with Crippen LogP contribution >= 0.6 is 0 Å². The first-order chi connectivity index (χ1) is 18.9. The third kappa shape index (κ3) is 3.01. The third-order valence-corrected chi connectivity index (χ3v) is 7.62. The molecule has 0 saturated carbocycles. The number of aromatic nitrogens is 2. The summed E-state index contributed by atoms with van der Waals surface area (Å²) in [6.07, 6.45) is 10.7. The second-order valence-corrected chi connectivity index (χ2v) is 9.70. The summed E-state index contributed by atoms with van der Waals surface area (Å²) in [5.41, 5.74) is 8.16. The average Bonchev–Trinajstić information content (AvgIpc) is 3.57. The first-order valence-corrected chi connectivity index (χ1v) is 13.0. The Kier molecular flexibility index (Phi) is 4.55. The lowest BCUT2D eigenvalue weighted by Gasteiger charge is -2.34. The Morgan fingerprint density at radius 1 is 0.658 bits per heavy atom. The van der Waals surface area contributed by atoms with Crippen LogP contribution in [0.3, 0.4) is 0 Å². The molecule has 0 aliphatic carbocycles. The lowest BCUT2D eigenvalue weighted by molar-refractivity contribution is 0.562. The first-order valence-electron chi connectivity index (χ1n) is 13.0. The van der Waals surface area contributed by atoms with Crippen LogP contribution in [0.1, 0.15) is 5.56 Å². The van der Waals surface area contributed by atoms with Gasteiger partial charge in [0.1, 0.15) is 0 Å². The average molecular weight is 489 g/mol. The number of fused-ring (bicyclic) bond motifs is 6. The number of allylic oxidation sites excluding steroid dienone is 3. The van der Waals surface area contributed by atoms with E-state index in [-0.39, 0.29) is 0 Å². The van der Waals surface area contributed by atoms with Crippen molar-refractivity contribution < 1.29 is 0 Å². The second-order valence-electron chi connectivity index (χ2n) is 9.70. The van der Waals surface area contributed by atoms with Crippen LogP contribution in [-0.4, -0.2) is 26.5 Å². The van der Waals surface area contributed by atoms with Gasteiger partial charge in [-0.2, -0.15) is 0 Å². The molecule has 0 bridgehead atoms. The predicted octanol–water partition coefficient (Wildman–Crippen LogP) is 7.75. The molecule has 2 aliphatic rings. The largest absolute Gasteiger partial charge is 0.316 e. The molecule has 180 valence electrons. The highest BCUT2D eigenvalue weighted by Gasteiger charge is 2.28. The summed E-state index contributed by atoms with van der Waals surface area (Å²) < 4.78 is 4.62. The summed E-state index contributed by atoms with van der Waals surface area (Å²) in [5.74, 6) is 0.923. The van der Waals surface area contributed by atoms with Gasteiger partial charge in [-0.05, 0) is 42.0 Å². The van der Waals surface area contributed by atoms with Crippen LogP contribution in [-0.2, 0) is 0 Å². The molecule has 2 aliphatic heterocycles. The SMILES string of the molecule is C1=CCN2C(=C1)C(c1ccccc1)=CN=C2n1c2ccccc2c2ccc3c(ccn3-c3ccccc3)c21. The lowest BCUT2D eigenvalue weighted by Crippen LogP contribution is -2.38. The molecular weight excluding hydrogens is 464 g/mol. The van der Waals surface area contributed by atoms with Gasteiger partial charge in [-0.15, -0.1) is 0 Å². The molecule has 6 aromatic rings. The number of rotatable bonds is 2. The number of hydrogen-bond acceptors (Lipinski definition) is 2. The smallest absolute Gasteiger partial charge is 0.215 e. The van der Waals surface area contributed by atoms with Crippen molar-refractivity contribution in [1.82, 2.24) is 14.0 Å². The molecule has 4 heteroatoms. The van der Waals surface area contributed by atoms with Gasteiger partial charge in [-0.3, -0.25) is 4.57 Å². The summed E-state index contributed by atoms with van der Waals surface area (Å²) in [4.78, 5) is 7.48. The topological polar surface area (TPSA) is 25.5 Å². The Labute approximate surface area is 220 Å². The molecule has 2 aromatic heterocycles. The maximum absolute atomic E-state index is 5.15. The van der Waals surface area contributed by atoms with Crippen LogP contribution in [0, 0.1) is 0 Å². The summed E-state index contributed by atoms with van der Waals surface area (Å²) in [6.45, 7) is 0.768. The number of para-hydroxylation sites is 2. The minimum absolute atomic E-state index is 0.768. The van der Waals surface area contributed by atoms with Crippen molar-refractivity contribution in [2.45, 2.75) is 0 Å². The molecule has 0 atom stereocenters. The minimum Gasteiger partial charge on any atom is -0.316 e. The van der Waals surface area contributed by atoms with Crippen molar-refractivity contribution in [3.8, 4) is 5.69 Å². The highest BCUT2D eigenvalue weighted by atomic mass is 15.3. The number of nitrogens with zero attached hydrogens (tertiary/aromatic N) is 4. The molecule has 4 heterocycles. The Morgan fingerprint density at radius 2 is 1.45 bits per heavy atom. The van der Waals surface area contributed by atoms with E-state index in [1.165, 1.54) is 38.5 Å². The van der Waals surface area contributed by atoms with Gasteiger partial charge in [-0.1, -0.05) is 84.9 Å². The standard InChI is InChI=1S/C34H24N4/c1-3-11-24(12-4-1)29-23-35-34(37-21-10-9-16-30(29)37)38-32-17-8-7-15-26(32)27-18-19-31-28(33(27)38)20-22-36(31)25-13-5-2-6-14-25/h1-20,22-23H,21H2. The van der Waals surface area contributed by atoms with Gasteiger partial charge < -0.3 is 9.47 Å². The molecule has 0 amide bonds. The van der Waals surface area contributed by atoms with Crippen LogP contribution in [0.15, 0.2) is 144 Å². The van der Waals surface area contributed by atoms with E-state index in [4.69, 9.17) is 4.99 Å². The Hall–Kier alpha value is -5.09. The zero-order valence-electron chi connectivity index (χ0n) is 20.7. The highest BCUT2D eigenvalue weighted by Crippen LogP contribution is 2.38. The monoisotopic (exact) mass is 488 g/mol. The molecule has 4 nitrogen and oxygen atoms in total. The highest BCUT2D eigenvalue weighted by molar-refractivity contribution is 6.22. The quantitative estimate of drug-likeness (QED) is 0.245. The van der Waals surface area contributed by atoms with Gasteiger partial charge in [0.25, 0.3) is 0 Å². The molecule has 0 spiro atoms. The van der Waals surface area contributed by atoms with Gasteiger partial charge in [0.2, 0.25) is 5.96 Å². The maximum Gasteiger partial charge on any atom is 0.215 e. The number of aliphatic imine (C=N–C) groups is 1. The van der Waals surface area contributed by atoms with E-state index in [2.05, 4.69) is 142 Å². The Bertz CT molecular complexity index is 1980. The molecule has 0 saturated heterocycles. The van der Waals surface area contributed by atoms with Crippen LogP contribution in [0.4, 0.5) is 0 Å². The molecule has 0 radical (unpaired) electrons. The third-order valence-electron chi connectivity index (χ3n) is 7.62. The van der Waals surface area contributed by atoms with Crippen LogP contribution < -0.4 is 0 Å². The normalized spacial score (nSPS) is 15.1.